The number of nitrogens with one attached hydrogen (secondary N) is 1. The number of fused-ring (bicyclic) bond motifs is 1. The van der Waals surface area contributed by atoms with Crippen molar-refractivity contribution in [2.45, 2.75) is 31.2 Å². The fourth-order valence-corrected chi connectivity index (χ4v) is 4.30. The molecule has 0 bridgehead atoms. The van der Waals surface area contributed by atoms with Crippen molar-refractivity contribution in [3.05, 3.63) is 39.7 Å². The van der Waals surface area contributed by atoms with Crippen molar-refractivity contribution in [3.8, 4) is 0 Å². The summed E-state index contributed by atoms with van der Waals surface area (Å²) in [5.74, 6) is 0.327. The van der Waals surface area contributed by atoms with E-state index in [0.29, 0.717) is 21.7 Å². The van der Waals surface area contributed by atoms with Crippen LogP contribution in [0.4, 0.5) is 11.5 Å². The van der Waals surface area contributed by atoms with Gasteiger partial charge in [-0.2, -0.15) is 0 Å². The molecule has 130 valence electrons. The highest BCUT2D eigenvalue weighted by Gasteiger charge is 2.19. The van der Waals surface area contributed by atoms with Gasteiger partial charge in [0.25, 0.3) is 0 Å². The van der Waals surface area contributed by atoms with Crippen molar-refractivity contribution in [2.24, 2.45) is 0 Å². The summed E-state index contributed by atoms with van der Waals surface area (Å²) in [5.41, 5.74) is 7.90. The smallest absolute Gasteiger partial charge is 0.237 e. The maximum absolute atomic E-state index is 12.4. The monoisotopic (exact) mass is 392 g/mol. The number of aryl methyl sites for hydroxylation is 2. The second kappa shape index (κ2) is 7.19. The first kappa shape index (κ1) is 18.0. The van der Waals surface area contributed by atoms with E-state index in [-0.39, 0.29) is 11.2 Å². The molecule has 1 atom stereocenters. The zero-order chi connectivity index (χ0) is 18.1. The Hall–Kier alpha value is -1.83. The van der Waals surface area contributed by atoms with Crippen molar-refractivity contribution in [3.63, 3.8) is 0 Å². The number of halogens is 1. The van der Waals surface area contributed by atoms with Gasteiger partial charge in [-0.1, -0.05) is 23.4 Å². The molecule has 0 unspecified atom stereocenters. The largest absolute Gasteiger partial charge is 0.383 e. The second-order valence-electron chi connectivity index (χ2n) is 5.61. The molecule has 0 aliphatic rings. The van der Waals surface area contributed by atoms with E-state index in [2.05, 4.69) is 15.3 Å². The average Bonchev–Trinajstić information content (AvgIpc) is 2.84. The number of hydrogen-bond acceptors (Lipinski definition) is 6. The van der Waals surface area contributed by atoms with Gasteiger partial charge >= 0.3 is 0 Å². The minimum Gasteiger partial charge on any atom is -0.383 e. The Balaban J connectivity index is 1.76. The predicted molar refractivity (Wildman–Crippen MR) is 107 cm³/mol. The lowest BCUT2D eigenvalue weighted by atomic mass is 10.2. The molecule has 0 fully saturated rings. The molecule has 0 radical (unpaired) electrons. The summed E-state index contributed by atoms with van der Waals surface area (Å²) in [7, 11) is 0. The molecule has 25 heavy (non-hydrogen) atoms. The molecule has 5 nitrogen and oxygen atoms in total. The fourth-order valence-electron chi connectivity index (χ4n) is 2.30. The van der Waals surface area contributed by atoms with Gasteiger partial charge in [0, 0.05) is 15.6 Å². The fraction of sp³-hybridized carbons (Fsp3) is 0.235. The Morgan fingerprint density at radius 3 is 2.64 bits per heavy atom. The van der Waals surface area contributed by atoms with E-state index in [1.54, 1.807) is 35.6 Å². The second-order valence-corrected chi connectivity index (χ2v) is 8.56. The molecular formula is C17H17ClN4OS2. The Morgan fingerprint density at radius 1 is 1.28 bits per heavy atom. The van der Waals surface area contributed by atoms with Crippen LogP contribution in [0.5, 0.6) is 0 Å². The van der Waals surface area contributed by atoms with Crippen LogP contribution in [-0.4, -0.2) is 21.1 Å². The summed E-state index contributed by atoms with van der Waals surface area (Å²) < 4.78 is 0. The van der Waals surface area contributed by atoms with E-state index >= 15 is 0 Å². The lowest BCUT2D eigenvalue weighted by Crippen LogP contribution is -2.22. The van der Waals surface area contributed by atoms with Gasteiger partial charge in [0.15, 0.2) is 5.16 Å². The van der Waals surface area contributed by atoms with Crippen LogP contribution in [0.1, 0.15) is 17.4 Å². The summed E-state index contributed by atoms with van der Waals surface area (Å²) in [6.07, 6.45) is 0. The zero-order valence-electron chi connectivity index (χ0n) is 14.0. The van der Waals surface area contributed by atoms with Crippen molar-refractivity contribution < 1.29 is 4.79 Å². The molecule has 0 aliphatic heterocycles. The van der Waals surface area contributed by atoms with Crippen LogP contribution in [0, 0.1) is 13.8 Å². The van der Waals surface area contributed by atoms with Gasteiger partial charge in [-0.25, -0.2) is 9.97 Å². The molecule has 2 heterocycles. The van der Waals surface area contributed by atoms with Crippen LogP contribution in [-0.2, 0) is 4.79 Å². The van der Waals surface area contributed by atoms with E-state index in [0.717, 1.165) is 15.8 Å². The summed E-state index contributed by atoms with van der Waals surface area (Å²) in [6.45, 7) is 5.86. The minimum atomic E-state index is -0.366. The topological polar surface area (TPSA) is 80.9 Å². The summed E-state index contributed by atoms with van der Waals surface area (Å²) in [4.78, 5) is 23.3. The third kappa shape index (κ3) is 3.89. The molecule has 0 saturated carbocycles. The number of carbonyl (C=O) groups excluding carboxylic acids is 1. The lowest BCUT2D eigenvalue weighted by molar-refractivity contribution is -0.115. The highest BCUT2D eigenvalue weighted by atomic mass is 35.5. The molecule has 0 spiro atoms. The number of amides is 1. The molecule has 8 heteroatoms. The van der Waals surface area contributed by atoms with Gasteiger partial charge in [-0.15, -0.1) is 11.3 Å². The van der Waals surface area contributed by atoms with Gasteiger partial charge in [0.05, 0.1) is 10.6 Å². The average molecular weight is 393 g/mol. The SMILES string of the molecule is Cc1sc2nc(S[C@H](C)C(=O)Nc3ccc(Cl)cc3)nc(N)c2c1C. The maximum Gasteiger partial charge on any atom is 0.237 e. The molecule has 2 aromatic heterocycles. The lowest BCUT2D eigenvalue weighted by Gasteiger charge is -2.11. The molecule has 1 amide bonds. The van der Waals surface area contributed by atoms with Crippen LogP contribution in [0.25, 0.3) is 10.2 Å². The van der Waals surface area contributed by atoms with Gasteiger partial charge in [-0.3, -0.25) is 4.79 Å². The number of carbonyl (C=O) groups is 1. The van der Waals surface area contributed by atoms with Crippen LogP contribution < -0.4 is 11.1 Å². The molecular weight excluding hydrogens is 376 g/mol. The number of anilines is 2. The van der Waals surface area contributed by atoms with E-state index in [9.17, 15) is 4.79 Å². The van der Waals surface area contributed by atoms with Gasteiger partial charge in [0.2, 0.25) is 5.91 Å². The molecule has 0 saturated heterocycles. The van der Waals surface area contributed by atoms with E-state index < -0.39 is 0 Å². The quantitative estimate of drug-likeness (QED) is 0.498. The highest BCUT2D eigenvalue weighted by molar-refractivity contribution is 8.00. The molecule has 3 rings (SSSR count). The number of nitrogens with two attached hydrogens (primary N) is 1. The van der Waals surface area contributed by atoms with Crippen molar-refractivity contribution >= 4 is 62.3 Å². The number of aromatic nitrogens is 2. The Kier molecular flexibility index (Phi) is 5.17. The van der Waals surface area contributed by atoms with Crippen molar-refractivity contribution in [1.29, 1.82) is 0 Å². The van der Waals surface area contributed by atoms with Gasteiger partial charge < -0.3 is 11.1 Å². The number of benzene rings is 1. The number of nitrogens with zero attached hydrogens (tertiary/aromatic N) is 2. The Morgan fingerprint density at radius 2 is 1.96 bits per heavy atom. The number of rotatable bonds is 4. The first-order valence-electron chi connectivity index (χ1n) is 7.61. The van der Waals surface area contributed by atoms with Crippen LogP contribution in [0.3, 0.4) is 0 Å². The third-order valence-corrected chi connectivity index (χ3v) is 6.11. The first-order chi connectivity index (χ1) is 11.8. The van der Waals surface area contributed by atoms with Crippen LogP contribution in [0.15, 0.2) is 29.4 Å². The van der Waals surface area contributed by atoms with E-state index in [4.69, 9.17) is 17.3 Å². The summed E-state index contributed by atoms with van der Waals surface area (Å²) >= 11 is 8.72. The standard InChI is InChI=1S/C17H17ClN4OS2/c1-8-9(2)24-16-13(8)14(19)21-17(22-16)25-10(3)15(23)20-12-6-4-11(18)5-7-12/h4-7,10H,1-3H3,(H,20,23)(H2,19,21,22)/t10-/m1/s1. The number of hydrogen-bond donors (Lipinski definition) is 2. The summed E-state index contributed by atoms with van der Waals surface area (Å²) in [5, 5.41) is 4.52. The molecule has 3 N–H and O–H groups in total. The van der Waals surface area contributed by atoms with Crippen LogP contribution >= 0.6 is 34.7 Å². The summed E-state index contributed by atoms with van der Waals surface area (Å²) in [6, 6.07) is 6.98. The third-order valence-electron chi connectivity index (χ3n) is 3.80. The van der Waals surface area contributed by atoms with Crippen molar-refractivity contribution in [2.75, 3.05) is 11.1 Å². The Bertz CT molecular complexity index is 940. The molecule has 3 aromatic rings. The minimum absolute atomic E-state index is 0.131. The normalized spacial score (nSPS) is 12.3. The predicted octanol–water partition coefficient (Wildman–Crippen LogP) is 4.66. The van der Waals surface area contributed by atoms with Gasteiger partial charge in [0.1, 0.15) is 10.6 Å². The number of thiophene rings is 1. The number of nitrogen functional groups attached to an aromatic ring is 1. The Labute approximate surface area is 159 Å². The molecule has 0 aliphatic carbocycles. The molecule has 1 aromatic carbocycles. The first-order valence-corrected chi connectivity index (χ1v) is 9.69. The van der Waals surface area contributed by atoms with E-state index in [1.165, 1.54) is 16.6 Å². The highest BCUT2D eigenvalue weighted by Crippen LogP contribution is 2.34. The van der Waals surface area contributed by atoms with Gasteiger partial charge in [-0.05, 0) is 50.6 Å². The maximum atomic E-state index is 12.4. The van der Waals surface area contributed by atoms with Crippen molar-refractivity contribution in [1.82, 2.24) is 9.97 Å². The number of thioether (sulfide) groups is 1. The van der Waals surface area contributed by atoms with E-state index in [1.807, 2.05) is 20.8 Å². The van der Waals surface area contributed by atoms with Crippen LogP contribution in [0.2, 0.25) is 5.02 Å². The zero-order valence-corrected chi connectivity index (χ0v) is 16.4.